The number of benzene rings is 1. The molecule has 1 aromatic carbocycles. The van der Waals surface area contributed by atoms with E-state index in [0.717, 1.165) is 23.6 Å². The predicted molar refractivity (Wildman–Crippen MR) is 73.5 cm³/mol. The first-order valence-corrected chi connectivity index (χ1v) is 6.20. The van der Waals surface area contributed by atoms with Crippen LogP contribution in [0.2, 0.25) is 0 Å². The monoisotopic (exact) mass is 253 g/mol. The Morgan fingerprint density at radius 3 is 2.74 bits per heavy atom. The molecule has 0 aliphatic rings. The molecule has 19 heavy (non-hydrogen) atoms. The summed E-state index contributed by atoms with van der Waals surface area (Å²) in [5.74, 6) is 1.66. The Labute approximate surface area is 111 Å². The molecule has 3 rings (SSSR count). The van der Waals surface area contributed by atoms with Crippen molar-refractivity contribution < 1.29 is 4.74 Å². The molecule has 4 heteroatoms. The largest absolute Gasteiger partial charge is 0.493 e. The van der Waals surface area contributed by atoms with Crippen LogP contribution < -0.4 is 4.74 Å². The van der Waals surface area contributed by atoms with Crippen molar-refractivity contribution in [2.75, 3.05) is 7.11 Å². The van der Waals surface area contributed by atoms with Gasteiger partial charge in [-0.3, -0.25) is 4.40 Å². The lowest BCUT2D eigenvalue weighted by molar-refractivity contribution is 0.416. The van der Waals surface area contributed by atoms with E-state index < -0.39 is 0 Å². The molecule has 0 spiro atoms. The highest BCUT2D eigenvalue weighted by Gasteiger charge is 2.10. The fourth-order valence-corrected chi connectivity index (χ4v) is 2.20. The summed E-state index contributed by atoms with van der Waals surface area (Å²) >= 11 is 0. The third kappa shape index (κ3) is 2.05. The lowest BCUT2D eigenvalue weighted by atomic mass is 10.1. The van der Waals surface area contributed by atoms with Crippen LogP contribution in [0.4, 0.5) is 0 Å². The van der Waals surface area contributed by atoms with Crippen LogP contribution in [0, 0.1) is 6.92 Å². The van der Waals surface area contributed by atoms with Gasteiger partial charge in [0.15, 0.2) is 5.75 Å². The summed E-state index contributed by atoms with van der Waals surface area (Å²) < 4.78 is 7.27. The van der Waals surface area contributed by atoms with Gasteiger partial charge in [0, 0.05) is 12.6 Å². The van der Waals surface area contributed by atoms with Crippen LogP contribution in [0.5, 0.6) is 5.75 Å². The summed E-state index contributed by atoms with van der Waals surface area (Å²) in [7, 11) is 1.64. The van der Waals surface area contributed by atoms with Gasteiger partial charge in [-0.05, 0) is 30.2 Å². The Balaban J connectivity index is 2.05. The summed E-state index contributed by atoms with van der Waals surface area (Å²) in [5, 5.41) is 8.48. The predicted octanol–water partition coefficient (Wildman–Crippen LogP) is 2.64. The molecule has 2 heterocycles. The number of pyridine rings is 1. The van der Waals surface area contributed by atoms with E-state index in [1.165, 1.54) is 11.1 Å². The highest BCUT2D eigenvalue weighted by atomic mass is 16.5. The zero-order chi connectivity index (χ0) is 13.2. The van der Waals surface area contributed by atoms with Gasteiger partial charge in [-0.15, -0.1) is 10.2 Å². The smallest absolute Gasteiger partial charge is 0.203 e. The summed E-state index contributed by atoms with van der Waals surface area (Å²) in [6.45, 7) is 2.11. The summed E-state index contributed by atoms with van der Waals surface area (Å²) in [6.07, 6.45) is 2.73. The molecule has 0 saturated carbocycles. The van der Waals surface area contributed by atoms with Crippen LogP contribution in [-0.2, 0) is 6.42 Å². The molecule has 0 aliphatic carbocycles. The minimum absolute atomic E-state index is 0.742. The van der Waals surface area contributed by atoms with Crippen molar-refractivity contribution in [2.45, 2.75) is 13.3 Å². The molecule has 96 valence electrons. The second-order valence-corrected chi connectivity index (χ2v) is 4.49. The molecule has 0 unspecified atom stereocenters. The van der Waals surface area contributed by atoms with Crippen molar-refractivity contribution in [3.63, 3.8) is 0 Å². The van der Waals surface area contributed by atoms with E-state index in [0.29, 0.717) is 0 Å². The van der Waals surface area contributed by atoms with E-state index in [9.17, 15) is 0 Å². The Kier molecular flexibility index (Phi) is 2.91. The van der Waals surface area contributed by atoms with E-state index in [1.807, 2.05) is 34.9 Å². The maximum absolute atomic E-state index is 5.29. The number of rotatable bonds is 3. The minimum Gasteiger partial charge on any atom is -0.493 e. The van der Waals surface area contributed by atoms with Crippen molar-refractivity contribution in [1.29, 1.82) is 0 Å². The number of hydrogen-bond acceptors (Lipinski definition) is 3. The highest BCUT2D eigenvalue weighted by Crippen LogP contribution is 2.19. The van der Waals surface area contributed by atoms with Gasteiger partial charge in [-0.25, -0.2) is 0 Å². The van der Waals surface area contributed by atoms with Crippen LogP contribution in [0.25, 0.3) is 5.65 Å². The quantitative estimate of drug-likeness (QED) is 0.720. The second-order valence-electron chi connectivity index (χ2n) is 4.49. The number of hydrogen-bond donors (Lipinski definition) is 0. The van der Waals surface area contributed by atoms with E-state index in [1.54, 1.807) is 7.11 Å². The van der Waals surface area contributed by atoms with Gasteiger partial charge in [0.1, 0.15) is 5.82 Å². The molecule has 0 saturated heterocycles. The van der Waals surface area contributed by atoms with Crippen molar-refractivity contribution in [2.24, 2.45) is 0 Å². The van der Waals surface area contributed by atoms with Crippen molar-refractivity contribution >= 4 is 5.65 Å². The molecular formula is C15H15N3O. The van der Waals surface area contributed by atoms with Crippen LogP contribution in [0.1, 0.15) is 17.0 Å². The Bertz CT molecular complexity index is 718. The van der Waals surface area contributed by atoms with Crippen molar-refractivity contribution in [3.05, 3.63) is 59.5 Å². The van der Waals surface area contributed by atoms with Crippen LogP contribution in [0.3, 0.4) is 0 Å². The van der Waals surface area contributed by atoms with Gasteiger partial charge in [0.2, 0.25) is 5.65 Å². The van der Waals surface area contributed by atoms with Crippen LogP contribution in [-0.4, -0.2) is 21.7 Å². The molecule has 0 aliphatic heterocycles. The van der Waals surface area contributed by atoms with Gasteiger partial charge < -0.3 is 4.74 Å². The SMILES string of the molecule is COc1cccn2c(Cc3ccccc3C)nnc12. The first-order chi connectivity index (χ1) is 9.29. The van der Waals surface area contributed by atoms with Gasteiger partial charge in [-0.2, -0.15) is 0 Å². The highest BCUT2D eigenvalue weighted by molar-refractivity contribution is 5.53. The number of nitrogens with zero attached hydrogens (tertiary/aromatic N) is 3. The Hall–Kier alpha value is -2.36. The molecule has 0 bridgehead atoms. The molecule has 0 amide bonds. The minimum atomic E-state index is 0.742. The number of fused-ring (bicyclic) bond motifs is 1. The number of aromatic nitrogens is 3. The molecule has 0 fully saturated rings. The maximum atomic E-state index is 5.29. The normalized spacial score (nSPS) is 10.8. The van der Waals surface area contributed by atoms with Crippen LogP contribution >= 0.6 is 0 Å². The number of methoxy groups -OCH3 is 1. The lowest BCUT2D eigenvalue weighted by Crippen LogP contribution is -1.98. The molecule has 0 radical (unpaired) electrons. The van der Waals surface area contributed by atoms with E-state index >= 15 is 0 Å². The van der Waals surface area contributed by atoms with E-state index in [-0.39, 0.29) is 0 Å². The zero-order valence-corrected chi connectivity index (χ0v) is 11.0. The molecule has 4 nitrogen and oxygen atoms in total. The fourth-order valence-electron chi connectivity index (χ4n) is 2.20. The standard InChI is InChI=1S/C15H15N3O/c1-11-6-3-4-7-12(11)10-14-16-17-15-13(19-2)8-5-9-18(14)15/h3-9H,10H2,1-2H3. The van der Waals surface area contributed by atoms with Crippen molar-refractivity contribution in [3.8, 4) is 5.75 Å². The topological polar surface area (TPSA) is 39.4 Å². The molecular weight excluding hydrogens is 238 g/mol. The Morgan fingerprint density at radius 2 is 1.95 bits per heavy atom. The summed E-state index contributed by atoms with van der Waals surface area (Å²) in [6, 6.07) is 12.2. The van der Waals surface area contributed by atoms with Crippen molar-refractivity contribution in [1.82, 2.24) is 14.6 Å². The average molecular weight is 253 g/mol. The zero-order valence-electron chi connectivity index (χ0n) is 11.0. The Morgan fingerprint density at radius 1 is 1.11 bits per heavy atom. The average Bonchev–Trinajstić information content (AvgIpc) is 2.84. The summed E-state index contributed by atoms with van der Waals surface area (Å²) in [4.78, 5) is 0. The number of aryl methyl sites for hydroxylation is 1. The lowest BCUT2D eigenvalue weighted by Gasteiger charge is -2.05. The fraction of sp³-hybridized carbons (Fsp3) is 0.200. The first-order valence-electron chi connectivity index (χ1n) is 6.20. The maximum Gasteiger partial charge on any atom is 0.203 e. The number of ether oxygens (including phenoxy) is 1. The van der Waals surface area contributed by atoms with Gasteiger partial charge in [0.05, 0.1) is 7.11 Å². The second kappa shape index (κ2) is 4.72. The van der Waals surface area contributed by atoms with E-state index in [4.69, 9.17) is 4.74 Å². The first kappa shape index (κ1) is 11.7. The van der Waals surface area contributed by atoms with Crippen LogP contribution in [0.15, 0.2) is 42.6 Å². The third-order valence-corrected chi connectivity index (χ3v) is 3.30. The molecule has 2 aromatic heterocycles. The molecule has 3 aromatic rings. The van der Waals surface area contributed by atoms with E-state index in [2.05, 4.69) is 29.3 Å². The van der Waals surface area contributed by atoms with Gasteiger partial charge in [-0.1, -0.05) is 24.3 Å². The molecule has 0 atom stereocenters. The third-order valence-electron chi connectivity index (χ3n) is 3.30. The van der Waals surface area contributed by atoms with Gasteiger partial charge >= 0.3 is 0 Å². The van der Waals surface area contributed by atoms with Gasteiger partial charge in [0.25, 0.3) is 0 Å². The molecule has 0 N–H and O–H groups in total. The summed E-state index contributed by atoms with van der Waals surface area (Å²) in [5.41, 5.74) is 3.29.